The standard InChI is InChI=1S/C11H20B/c1-5-8-11(9-6-2)12-10(4)7-3/h7,11H,3-6,8-9H2,1-2H3. The van der Waals surface area contributed by atoms with Crippen LogP contribution in [0.25, 0.3) is 0 Å². The van der Waals surface area contributed by atoms with Crippen molar-refractivity contribution in [1.82, 2.24) is 0 Å². The van der Waals surface area contributed by atoms with Gasteiger partial charge in [0.05, 0.1) is 0 Å². The van der Waals surface area contributed by atoms with Crippen LogP contribution >= 0.6 is 0 Å². The second-order valence-corrected chi connectivity index (χ2v) is 3.28. The smallest absolute Gasteiger partial charge is 0.105 e. The molecule has 0 nitrogen and oxygen atoms in total. The van der Waals surface area contributed by atoms with Crippen LogP contribution in [0.4, 0.5) is 0 Å². The Bertz CT molecular complexity index is 132. The maximum atomic E-state index is 3.90. The molecule has 0 spiro atoms. The van der Waals surface area contributed by atoms with Crippen molar-refractivity contribution < 1.29 is 0 Å². The van der Waals surface area contributed by atoms with E-state index in [4.69, 9.17) is 0 Å². The van der Waals surface area contributed by atoms with Crippen LogP contribution in [0.3, 0.4) is 0 Å². The molecule has 0 aliphatic carbocycles. The Hall–Kier alpha value is -0.455. The number of hydrogen-bond acceptors (Lipinski definition) is 0. The maximum Gasteiger partial charge on any atom is 0.154 e. The highest BCUT2D eigenvalue weighted by atomic mass is 14.0. The third kappa shape index (κ3) is 5.23. The van der Waals surface area contributed by atoms with Crippen LogP contribution in [0, 0.1) is 0 Å². The largest absolute Gasteiger partial charge is 0.154 e. The molecule has 0 heterocycles. The minimum Gasteiger partial charge on any atom is -0.105 e. The van der Waals surface area contributed by atoms with Gasteiger partial charge in [-0.15, -0.1) is 6.58 Å². The van der Waals surface area contributed by atoms with Crippen LogP contribution in [-0.4, -0.2) is 7.28 Å². The average molecular weight is 163 g/mol. The summed E-state index contributed by atoms with van der Waals surface area (Å²) < 4.78 is 0. The van der Waals surface area contributed by atoms with Gasteiger partial charge in [0.25, 0.3) is 0 Å². The zero-order valence-corrected chi connectivity index (χ0v) is 8.47. The van der Waals surface area contributed by atoms with Gasteiger partial charge >= 0.3 is 0 Å². The molecule has 12 heavy (non-hydrogen) atoms. The fourth-order valence-electron chi connectivity index (χ4n) is 1.42. The third-order valence-corrected chi connectivity index (χ3v) is 2.03. The number of rotatable bonds is 7. The van der Waals surface area contributed by atoms with Crippen LogP contribution in [0.2, 0.25) is 5.82 Å². The van der Waals surface area contributed by atoms with E-state index in [0.717, 1.165) is 5.47 Å². The van der Waals surface area contributed by atoms with Crippen molar-refractivity contribution in [2.75, 3.05) is 0 Å². The van der Waals surface area contributed by atoms with Crippen molar-refractivity contribution in [3.63, 3.8) is 0 Å². The van der Waals surface area contributed by atoms with E-state index < -0.39 is 0 Å². The summed E-state index contributed by atoms with van der Waals surface area (Å²) in [6.07, 6.45) is 6.90. The highest BCUT2D eigenvalue weighted by molar-refractivity contribution is 6.47. The quantitative estimate of drug-likeness (QED) is 0.395. The summed E-state index contributed by atoms with van der Waals surface area (Å²) in [5.74, 6) is 0.713. The molecule has 0 aromatic carbocycles. The van der Waals surface area contributed by atoms with E-state index in [0.29, 0.717) is 5.82 Å². The Morgan fingerprint density at radius 1 is 1.33 bits per heavy atom. The Kier molecular flexibility index (Phi) is 6.93. The van der Waals surface area contributed by atoms with Gasteiger partial charge in [-0.1, -0.05) is 63.5 Å². The summed E-state index contributed by atoms with van der Waals surface area (Å²) in [6, 6.07) is 0. The van der Waals surface area contributed by atoms with Crippen LogP contribution in [0.1, 0.15) is 39.5 Å². The summed E-state index contributed by atoms with van der Waals surface area (Å²) in [6.45, 7) is 12.1. The van der Waals surface area contributed by atoms with Crippen LogP contribution < -0.4 is 0 Å². The second kappa shape index (κ2) is 7.21. The second-order valence-electron chi connectivity index (χ2n) is 3.28. The Morgan fingerprint density at radius 2 is 1.83 bits per heavy atom. The first-order chi connectivity index (χ1) is 5.74. The van der Waals surface area contributed by atoms with E-state index in [-0.39, 0.29) is 0 Å². The number of hydrogen-bond donors (Lipinski definition) is 0. The fourth-order valence-corrected chi connectivity index (χ4v) is 1.42. The zero-order valence-electron chi connectivity index (χ0n) is 8.47. The first-order valence-electron chi connectivity index (χ1n) is 4.90. The van der Waals surface area contributed by atoms with Crippen molar-refractivity contribution >= 4 is 7.28 Å². The topological polar surface area (TPSA) is 0 Å². The van der Waals surface area contributed by atoms with Crippen molar-refractivity contribution in [1.29, 1.82) is 0 Å². The Morgan fingerprint density at radius 3 is 2.17 bits per heavy atom. The summed E-state index contributed by atoms with van der Waals surface area (Å²) >= 11 is 0. The van der Waals surface area contributed by atoms with E-state index in [1.165, 1.54) is 25.7 Å². The van der Waals surface area contributed by atoms with Crippen molar-refractivity contribution in [2.45, 2.75) is 45.3 Å². The molecule has 0 bridgehead atoms. The molecule has 0 aliphatic rings. The van der Waals surface area contributed by atoms with Gasteiger partial charge in [0.2, 0.25) is 0 Å². The third-order valence-electron chi connectivity index (χ3n) is 2.03. The molecule has 67 valence electrons. The minimum atomic E-state index is 0.713. The molecular weight excluding hydrogens is 143 g/mol. The summed E-state index contributed by atoms with van der Waals surface area (Å²) in [7, 11) is 2.25. The lowest BCUT2D eigenvalue weighted by molar-refractivity contribution is 0.650. The number of allylic oxidation sites excluding steroid dienone is 2. The van der Waals surface area contributed by atoms with Gasteiger partial charge in [0.15, 0.2) is 7.28 Å². The molecule has 1 radical (unpaired) electrons. The van der Waals surface area contributed by atoms with E-state index in [2.05, 4.69) is 34.3 Å². The Balaban J connectivity index is 3.76. The fraction of sp³-hybridized carbons (Fsp3) is 0.636. The molecule has 0 aromatic heterocycles. The highest BCUT2D eigenvalue weighted by Crippen LogP contribution is 2.20. The molecular formula is C11H20B. The lowest BCUT2D eigenvalue weighted by Crippen LogP contribution is -2.04. The summed E-state index contributed by atoms with van der Waals surface area (Å²) in [4.78, 5) is 0. The van der Waals surface area contributed by atoms with Gasteiger partial charge in [-0.3, -0.25) is 0 Å². The first kappa shape index (κ1) is 11.5. The predicted molar refractivity (Wildman–Crippen MR) is 58.7 cm³/mol. The SMILES string of the molecule is C=CC(=C)[B]C(CCC)CCC. The van der Waals surface area contributed by atoms with E-state index in [1.807, 2.05) is 6.08 Å². The molecule has 0 N–H and O–H groups in total. The van der Waals surface area contributed by atoms with Gasteiger partial charge in [-0.2, -0.15) is 0 Å². The van der Waals surface area contributed by atoms with Crippen LogP contribution in [-0.2, 0) is 0 Å². The lowest BCUT2D eigenvalue weighted by atomic mass is 9.56. The molecule has 0 aromatic rings. The highest BCUT2D eigenvalue weighted by Gasteiger charge is 2.08. The average Bonchev–Trinajstić information content (AvgIpc) is 2.05. The lowest BCUT2D eigenvalue weighted by Gasteiger charge is -2.13. The molecule has 0 rings (SSSR count). The molecule has 0 atom stereocenters. The van der Waals surface area contributed by atoms with Crippen molar-refractivity contribution in [3.05, 3.63) is 24.7 Å². The van der Waals surface area contributed by atoms with Crippen molar-refractivity contribution in [3.8, 4) is 0 Å². The molecule has 1 heteroatoms. The van der Waals surface area contributed by atoms with Crippen LogP contribution in [0.15, 0.2) is 24.7 Å². The van der Waals surface area contributed by atoms with Gasteiger partial charge in [0, 0.05) is 0 Å². The summed E-state index contributed by atoms with van der Waals surface area (Å²) in [5.41, 5.74) is 1.07. The van der Waals surface area contributed by atoms with Gasteiger partial charge in [-0.05, 0) is 0 Å². The van der Waals surface area contributed by atoms with Crippen LogP contribution in [0.5, 0.6) is 0 Å². The summed E-state index contributed by atoms with van der Waals surface area (Å²) in [5, 5.41) is 0. The molecule has 0 aliphatic heterocycles. The van der Waals surface area contributed by atoms with E-state index in [9.17, 15) is 0 Å². The molecule has 0 fully saturated rings. The molecule has 0 amide bonds. The van der Waals surface area contributed by atoms with Gasteiger partial charge in [0.1, 0.15) is 0 Å². The van der Waals surface area contributed by atoms with Gasteiger partial charge < -0.3 is 0 Å². The molecule has 0 unspecified atom stereocenters. The normalized spacial score (nSPS) is 9.92. The van der Waals surface area contributed by atoms with Crippen molar-refractivity contribution in [2.24, 2.45) is 0 Å². The molecule has 0 saturated carbocycles. The minimum absolute atomic E-state index is 0.713. The van der Waals surface area contributed by atoms with Gasteiger partial charge in [-0.25, -0.2) is 0 Å². The first-order valence-corrected chi connectivity index (χ1v) is 4.90. The Labute approximate surface area is 78.0 Å². The predicted octanol–water partition coefficient (Wildman–Crippen LogP) is 3.78. The zero-order chi connectivity index (χ0) is 9.40. The molecule has 0 saturated heterocycles. The maximum absolute atomic E-state index is 3.90. The monoisotopic (exact) mass is 163 g/mol. The van der Waals surface area contributed by atoms with E-state index in [1.54, 1.807) is 0 Å². The van der Waals surface area contributed by atoms with E-state index >= 15 is 0 Å².